The Labute approximate surface area is 498 Å². The molecule has 4 aliphatic rings. The molecule has 4 aliphatic carbocycles. The number of nitrogens with one attached hydrogen (secondary N) is 2. The summed E-state index contributed by atoms with van der Waals surface area (Å²) < 4.78 is 188. The Balaban J connectivity index is 0.000000179. The minimum absolute atomic E-state index is 0.0945. The first-order valence-corrected chi connectivity index (χ1v) is 29.0. The van der Waals surface area contributed by atoms with Gasteiger partial charge in [0.05, 0.1) is 23.5 Å². The highest BCUT2D eigenvalue weighted by atomic mass is 79.9. The molecule has 2 saturated carbocycles. The first kappa shape index (κ1) is 60.9. The molecule has 456 valence electrons. The Morgan fingerprint density at radius 1 is 0.593 bits per heavy atom. The number of fused-ring (bicyclic) bond motifs is 8. The van der Waals surface area contributed by atoms with Gasteiger partial charge in [-0.25, -0.2) is 45.1 Å². The van der Waals surface area contributed by atoms with Gasteiger partial charge in [0.1, 0.15) is 83.9 Å². The van der Waals surface area contributed by atoms with Crippen molar-refractivity contribution in [1.29, 1.82) is 0 Å². The predicted octanol–water partition coefficient (Wildman–Crippen LogP) is 13.8. The number of alkyl halides is 8. The summed E-state index contributed by atoms with van der Waals surface area (Å²) in [4.78, 5) is 36.2. The van der Waals surface area contributed by atoms with Crippen LogP contribution in [0.5, 0.6) is 0 Å². The fraction of sp³-hybridized carbons (Fsp3) is 0.414. The molecule has 86 heavy (non-hydrogen) atoms. The number of aromatic nitrogens is 8. The van der Waals surface area contributed by atoms with Crippen LogP contribution in [-0.2, 0) is 70.3 Å². The van der Waals surface area contributed by atoms with Crippen molar-refractivity contribution in [2.24, 2.45) is 11.8 Å². The van der Waals surface area contributed by atoms with Crippen molar-refractivity contribution >= 4 is 65.7 Å². The van der Waals surface area contributed by atoms with Crippen LogP contribution in [0, 0.1) is 35.1 Å². The molecule has 2 N–H and O–H groups in total. The summed E-state index contributed by atoms with van der Waals surface area (Å²) in [5, 5.41) is 14.4. The second-order valence-electron chi connectivity index (χ2n) is 21.7. The standard InChI is InChI=1S/2C29H26BrF6N5O2/c2*1-2-5-43-13-40-4-3-15-9-20(30)24(38-28(15)40)21(8-14-6-16(31)10-17(32)7-14)37-22(42)12-41-26-23(25(39-41)27(33)34)18-11-19(18)29(26,35)36/h2*3-4,6-7,9-10,18-19,21,27H,2,5,8,11-13H2,1H3,(H,37,42)/t18-,19?,21+;18-,19?,21-/m00/s1. The van der Waals surface area contributed by atoms with Gasteiger partial charge >= 0.3 is 0 Å². The number of benzene rings is 2. The summed E-state index contributed by atoms with van der Waals surface area (Å²) in [5.74, 6) is -15.3. The Morgan fingerprint density at radius 3 is 1.31 bits per heavy atom. The number of halogens is 14. The van der Waals surface area contributed by atoms with Gasteiger partial charge in [-0.15, -0.1) is 0 Å². The molecule has 2 aromatic carbocycles. The summed E-state index contributed by atoms with van der Waals surface area (Å²) in [6, 6.07) is 11.0. The van der Waals surface area contributed by atoms with Crippen LogP contribution in [0.3, 0.4) is 0 Å². The van der Waals surface area contributed by atoms with Gasteiger partial charge in [-0.1, -0.05) is 13.8 Å². The highest BCUT2D eigenvalue weighted by Crippen LogP contribution is 2.69. The van der Waals surface area contributed by atoms with Gasteiger partial charge in [0.25, 0.3) is 24.7 Å². The Morgan fingerprint density at radius 2 is 0.965 bits per heavy atom. The van der Waals surface area contributed by atoms with Crippen LogP contribution >= 0.6 is 31.9 Å². The van der Waals surface area contributed by atoms with Crippen LogP contribution in [0.2, 0.25) is 0 Å². The van der Waals surface area contributed by atoms with Crippen LogP contribution in [0.25, 0.3) is 22.1 Å². The highest BCUT2D eigenvalue weighted by molar-refractivity contribution is 9.10. The van der Waals surface area contributed by atoms with Crippen LogP contribution in [0.4, 0.5) is 52.7 Å². The molecule has 0 bridgehead atoms. The number of hydrogen-bond acceptors (Lipinski definition) is 8. The summed E-state index contributed by atoms with van der Waals surface area (Å²) in [6.45, 7) is 3.89. The number of pyridine rings is 2. The average molecular weight is 1340 g/mol. The second kappa shape index (κ2) is 24.1. The van der Waals surface area contributed by atoms with E-state index in [1.54, 1.807) is 33.7 Å². The van der Waals surface area contributed by atoms with Crippen molar-refractivity contribution in [2.75, 3.05) is 13.2 Å². The zero-order valence-electron chi connectivity index (χ0n) is 45.5. The minimum Gasteiger partial charge on any atom is -0.361 e. The van der Waals surface area contributed by atoms with E-state index in [0.717, 1.165) is 47.9 Å². The van der Waals surface area contributed by atoms with Gasteiger partial charge < -0.3 is 29.2 Å². The molecule has 8 aromatic rings. The van der Waals surface area contributed by atoms with Gasteiger partial charge in [0.15, 0.2) is 0 Å². The smallest absolute Gasteiger partial charge is 0.293 e. The lowest BCUT2D eigenvalue weighted by molar-refractivity contribution is -0.123. The Hall–Kier alpha value is -6.78. The zero-order chi connectivity index (χ0) is 61.3. The molecule has 0 saturated heterocycles. The van der Waals surface area contributed by atoms with E-state index in [1.165, 1.54) is 0 Å². The Bertz CT molecular complexity index is 3620. The first-order chi connectivity index (χ1) is 40.9. The largest absolute Gasteiger partial charge is 0.361 e. The van der Waals surface area contributed by atoms with Crippen molar-refractivity contribution in [3.8, 4) is 0 Å². The van der Waals surface area contributed by atoms with Crippen LogP contribution < -0.4 is 10.6 Å². The van der Waals surface area contributed by atoms with Gasteiger partial charge in [-0.05, 0) is 142 Å². The summed E-state index contributed by atoms with van der Waals surface area (Å²) in [7, 11) is 0. The number of ether oxygens (including phenoxy) is 2. The number of amides is 2. The maximum absolute atomic E-state index is 15.0. The quantitative estimate of drug-likeness (QED) is 0.0503. The van der Waals surface area contributed by atoms with Gasteiger partial charge in [-0.3, -0.25) is 19.0 Å². The number of nitrogens with zero attached hydrogens (tertiary/aromatic N) is 8. The monoisotopic (exact) mass is 1340 g/mol. The third kappa shape index (κ3) is 12.0. The van der Waals surface area contributed by atoms with Crippen LogP contribution in [0.1, 0.15) is 133 Å². The third-order valence-electron chi connectivity index (χ3n) is 15.6. The number of carbonyl (C=O) groups is 2. The summed E-state index contributed by atoms with van der Waals surface area (Å²) in [5.41, 5.74) is -1.11. The second-order valence-corrected chi connectivity index (χ2v) is 23.4. The molecule has 6 aromatic heterocycles. The van der Waals surface area contributed by atoms with Crippen molar-refractivity contribution in [3.63, 3.8) is 0 Å². The number of hydrogen-bond donors (Lipinski definition) is 2. The molecule has 14 nitrogen and oxygen atoms in total. The van der Waals surface area contributed by atoms with E-state index in [4.69, 9.17) is 19.4 Å². The molecule has 2 fully saturated rings. The SMILES string of the molecule is CCCOCn1ccc2cc(Br)c([C@@H](Cc3cc(F)cc(F)c3)NC(=O)Cn3nc(C(F)F)c4c3C(F)(F)C3C[C@H]43)nc21.CCCOCn1ccc2cc(Br)c([C@H](Cc3cc(F)cc(F)c3)NC(=O)Cn3nc(C(F)F)c4c3C(F)(F)C3C[C@H]43)nc21. The van der Waals surface area contributed by atoms with Gasteiger partial charge in [-0.2, -0.15) is 27.8 Å². The summed E-state index contributed by atoms with van der Waals surface area (Å²) >= 11 is 6.95. The lowest BCUT2D eigenvalue weighted by atomic mass is 10.0. The molecule has 2 amide bonds. The van der Waals surface area contributed by atoms with Crippen molar-refractivity contribution < 1.29 is 71.7 Å². The molecule has 0 spiro atoms. The Kier molecular flexibility index (Phi) is 17.0. The van der Waals surface area contributed by atoms with Gasteiger partial charge in [0.2, 0.25) is 11.8 Å². The van der Waals surface area contributed by atoms with Crippen LogP contribution in [0.15, 0.2) is 82.0 Å². The molecule has 6 atom stereocenters. The zero-order valence-corrected chi connectivity index (χ0v) is 48.7. The van der Waals surface area contributed by atoms with E-state index >= 15 is 17.6 Å². The number of carbonyl (C=O) groups excluding carboxylic acids is 2. The fourth-order valence-corrected chi connectivity index (χ4v) is 13.0. The van der Waals surface area contributed by atoms with Gasteiger partial charge in [0, 0.05) is 80.4 Å². The maximum Gasteiger partial charge on any atom is 0.293 e. The molecule has 0 aliphatic heterocycles. The van der Waals surface area contributed by atoms with Crippen molar-refractivity contribution in [1.82, 2.24) is 49.3 Å². The topological polar surface area (TPSA) is 148 Å². The summed E-state index contributed by atoms with van der Waals surface area (Å²) in [6.07, 6.45) is -1.02. The minimum atomic E-state index is -3.39. The van der Waals surface area contributed by atoms with E-state index in [1.807, 2.05) is 26.0 Å². The van der Waals surface area contributed by atoms with E-state index in [-0.39, 0.29) is 61.4 Å². The first-order valence-electron chi connectivity index (χ1n) is 27.4. The van der Waals surface area contributed by atoms with E-state index < -0.39 is 131 Å². The average Bonchev–Trinajstić information content (AvgIpc) is 1.53. The van der Waals surface area contributed by atoms with Crippen LogP contribution in [-0.4, -0.2) is 63.7 Å². The predicted molar refractivity (Wildman–Crippen MR) is 293 cm³/mol. The van der Waals surface area contributed by atoms with E-state index in [2.05, 4.69) is 52.7 Å². The molecular weight excluding hydrogens is 1290 g/mol. The highest BCUT2D eigenvalue weighted by Gasteiger charge is 2.68. The lowest BCUT2D eigenvalue weighted by Gasteiger charge is -2.21. The molecule has 6 heterocycles. The number of rotatable bonds is 22. The normalized spacial score (nSPS) is 19.1. The molecule has 0 radical (unpaired) electrons. The molecule has 2 unspecified atom stereocenters. The van der Waals surface area contributed by atoms with E-state index in [9.17, 15) is 44.7 Å². The third-order valence-corrected chi connectivity index (χ3v) is 16.8. The molecule has 12 rings (SSSR count). The van der Waals surface area contributed by atoms with E-state index in [0.29, 0.717) is 66.3 Å². The lowest BCUT2D eigenvalue weighted by Crippen LogP contribution is -2.35. The fourth-order valence-electron chi connectivity index (χ4n) is 11.8. The molecule has 28 heteroatoms. The maximum atomic E-state index is 15.0. The molecular formula is C58H52Br2F12N10O4. The van der Waals surface area contributed by atoms with Crippen molar-refractivity contribution in [2.45, 2.75) is 128 Å². The van der Waals surface area contributed by atoms with Crippen molar-refractivity contribution in [3.05, 3.63) is 162 Å².